The van der Waals surface area contributed by atoms with Gasteiger partial charge in [-0.25, -0.2) is 13.1 Å². The van der Waals surface area contributed by atoms with Crippen molar-refractivity contribution in [2.75, 3.05) is 6.54 Å². The van der Waals surface area contributed by atoms with E-state index >= 15 is 0 Å². The van der Waals surface area contributed by atoms with E-state index in [2.05, 4.69) is 26.2 Å². The third-order valence-electron chi connectivity index (χ3n) is 3.46. The molecule has 0 unspecified atom stereocenters. The largest absolute Gasteiger partial charge is 0.262 e. The molecule has 20 heavy (non-hydrogen) atoms. The topological polar surface area (TPSA) is 68.1 Å². The van der Waals surface area contributed by atoms with Crippen LogP contribution < -0.4 is 0 Å². The summed E-state index contributed by atoms with van der Waals surface area (Å²) >= 11 is 3.49. The molecule has 0 spiro atoms. The van der Waals surface area contributed by atoms with Gasteiger partial charge in [0.1, 0.15) is 0 Å². The number of benzene rings is 1. The Labute approximate surface area is 125 Å². The van der Waals surface area contributed by atoms with E-state index in [1.54, 1.807) is 7.05 Å². The zero-order valence-electron chi connectivity index (χ0n) is 10.8. The summed E-state index contributed by atoms with van der Waals surface area (Å²) in [6, 6.07) is 5.94. The molecule has 0 atom stereocenters. The van der Waals surface area contributed by atoms with Crippen LogP contribution in [0.1, 0.15) is 11.1 Å². The Kier molecular flexibility index (Phi) is 3.39. The zero-order chi connectivity index (χ0) is 14.3. The van der Waals surface area contributed by atoms with Gasteiger partial charge in [0, 0.05) is 24.6 Å². The summed E-state index contributed by atoms with van der Waals surface area (Å²) in [4.78, 5) is 0. The highest BCUT2D eigenvalue weighted by molar-refractivity contribution is 9.10. The summed E-state index contributed by atoms with van der Waals surface area (Å²) in [5, 5.41) is 7.45. The maximum Gasteiger partial charge on any atom is 0.262 e. The first-order valence-corrected chi connectivity index (χ1v) is 8.34. The van der Waals surface area contributed by atoms with Gasteiger partial charge in [-0.3, -0.25) is 0 Å². The normalized spacial score (nSPS) is 16.1. The van der Waals surface area contributed by atoms with Crippen LogP contribution in [0.25, 0.3) is 0 Å². The van der Waals surface area contributed by atoms with Crippen LogP contribution in [0.15, 0.2) is 33.9 Å². The van der Waals surface area contributed by atoms with Crippen LogP contribution in [-0.2, 0) is 30.0 Å². The second kappa shape index (κ2) is 4.94. The second-order valence-corrected chi connectivity index (χ2v) is 7.40. The Morgan fingerprint density at radius 1 is 1.35 bits per heavy atom. The highest BCUT2D eigenvalue weighted by atomic mass is 79.9. The second-order valence-electron chi connectivity index (χ2n) is 4.66. The first-order valence-electron chi connectivity index (χ1n) is 6.11. The molecular formula is C12H13BrN4O2S. The highest BCUT2D eigenvalue weighted by Crippen LogP contribution is 2.29. The smallest absolute Gasteiger partial charge is 0.236 e. The Morgan fingerprint density at radius 3 is 2.85 bits per heavy atom. The minimum absolute atomic E-state index is 0.119. The first kappa shape index (κ1) is 13.7. The van der Waals surface area contributed by atoms with Crippen LogP contribution in [0.3, 0.4) is 0 Å². The van der Waals surface area contributed by atoms with Crippen molar-refractivity contribution in [1.82, 2.24) is 19.3 Å². The summed E-state index contributed by atoms with van der Waals surface area (Å²) in [5.74, 6) is 0. The Morgan fingerprint density at radius 2 is 2.15 bits per heavy atom. The van der Waals surface area contributed by atoms with Crippen molar-refractivity contribution in [2.24, 2.45) is 7.05 Å². The molecule has 6 nitrogen and oxygen atoms in total. The van der Waals surface area contributed by atoms with Crippen LogP contribution in [0.2, 0.25) is 0 Å². The molecule has 1 aromatic carbocycles. The number of fused-ring (bicyclic) bond motifs is 1. The van der Waals surface area contributed by atoms with Gasteiger partial charge in [-0.2, -0.15) is 4.31 Å². The number of nitrogens with zero attached hydrogens (tertiary/aromatic N) is 4. The minimum atomic E-state index is -3.56. The van der Waals surface area contributed by atoms with E-state index in [9.17, 15) is 8.42 Å². The number of aryl methyl sites for hydroxylation is 1. The first-order chi connectivity index (χ1) is 9.50. The molecule has 1 aliphatic rings. The molecule has 0 amide bonds. The van der Waals surface area contributed by atoms with E-state index < -0.39 is 10.0 Å². The van der Waals surface area contributed by atoms with Crippen LogP contribution in [0.5, 0.6) is 0 Å². The minimum Gasteiger partial charge on any atom is -0.236 e. The maximum absolute atomic E-state index is 12.6. The van der Waals surface area contributed by atoms with Crippen LogP contribution in [0.4, 0.5) is 0 Å². The Hall–Kier alpha value is -1.25. The molecule has 3 rings (SSSR count). The van der Waals surface area contributed by atoms with E-state index in [1.807, 2.05) is 18.2 Å². The van der Waals surface area contributed by atoms with Gasteiger partial charge in [0.05, 0.1) is 6.20 Å². The van der Waals surface area contributed by atoms with Gasteiger partial charge in [0.2, 0.25) is 0 Å². The molecule has 0 radical (unpaired) electrons. The average Bonchev–Trinajstić information content (AvgIpc) is 2.86. The van der Waals surface area contributed by atoms with Crippen LogP contribution in [-0.4, -0.2) is 34.3 Å². The van der Waals surface area contributed by atoms with Crippen molar-refractivity contribution < 1.29 is 8.42 Å². The van der Waals surface area contributed by atoms with Gasteiger partial charge in [-0.1, -0.05) is 33.3 Å². The number of aromatic nitrogens is 3. The summed E-state index contributed by atoms with van der Waals surface area (Å²) in [5.41, 5.74) is 2.21. The quantitative estimate of drug-likeness (QED) is 0.813. The van der Waals surface area contributed by atoms with Crippen molar-refractivity contribution in [1.29, 1.82) is 0 Å². The predicted octanol–water partition coefficient (Wildman–Crippen LogP) is 1.32. The predicted molar refractivity (Wildman–Crippen MR) is 76.4 cm³/mol. The van der Waals surface area contributed by atoms with Crippen molar-refractivity contribution in [3.8, 4) is 0 Å². The molecule has 0 fully saturated rings. The van der Waals surface area contributed by atoms with Crippen molar-refractivity contribution in [2.45, 2.75) is 18.0 Å². The molecule has 0 saturated heterocycles. The van der Waals surface area contributed by atoms with E-state index in [-0.39, 0.29) is 5.03 Å². The Bertz CT molecular complexity index is 757. The van der Waals surface area contributed by atoms with Gasteiger partial charge < -0.3 is 0 Å². The van der Waals surface area contributed by atoms with Gasteiger partial charge in [-0.05, 0) is 23.6 Å². The molecule has 1 aromatic heterocycles. The lowest BCUT2D eigenvalue weighted by Gasteiger charge is -2.28. The summed E-state index contributed by atoms with van der Waals surface area (Å²) in [7, 11) is -1.98. The molecule has 0 N–H and O–H groups in total. The van der Waals surface area contributed by atoms with Gasteiger partial charge >= 0.3 is 0 Å². The Balaban J connectivity index is 1.98. The van der Waals surface area contributed by atoms with Crippen LogP contribution in [0, 0.1) is 0 Å². The van der Waals surface area contributed by atoms with Crippen molar-refractivity contribution >= 4 is 26.0 Å². The number of rotatable bonds is 2. The molecule has 106 valence electrons. The molecule has 1 aliphatic heterocycles. The third-order valence-corrected chi connectivity index (χ3v) is 6.09. The number of hydrogen-bond acceptors (Lipinski definition) is 4. The molecule has 8 heteroatoms. The molecule has 0 saturated carbocycles. The number of sulfonamides is 1. The summed E-state index contributed by atoms with van der Waals surface area (Å²) in [6.45, 7) is 0.835. The zero-order valence-corrected chi connectivity index (χ0v) is 13.2. The monoisotopic (exact) mass is 356 g/mol. The fourth-order valence-corrected chi connectivity index (χ4v) is 4.35. The summed E-state index contributed by atoms with van der Waals surface area (Å²) < 4.78 is 28.9. The lowest BCUT2D eigenvalue weighted by Crippen LogP contribution is -2.37. The maximum atomic E-state index is 12.6. The molecule has 0 bridgehead atoms. The highest BCUT2D eigenvalue weighted by Gasteiger charge is 2.31. The fraction of sp³-hybridized carbons (Fsp3) is 0.333. The third kappa shape index (κ3) is 2.17. The van der Waals surface area contributed by atoms with E-state index in [0.29, 0.717) is 19.5 Å². The van der Waals surface area contributed by atoms with Crippen molar-refractivity contribution in [3.05, 3.63) is 40.0 Å². The van der Waals surface area contributed by atoms with Crippen LogP contribution >= 0.6 is 15.9 Å². The number of hydrogen-bond donors (Lipinski definition) is 0. The average molecular weight is 357 g/mol. The molecule has 2 heterocycles. The SMILES string of the molecule is Cn1nncc1S(=O)(=O)N1CCc2cccc(Br)c2C1. The van der Waals surface area contributed by atoms with Crippen molar-refractivity contribution in [3.63, 3.8) is 0 Å². The molecule has 0 aliphatic carbocycles. The molecule has 2 aromatic rings. The summed E-state index contributed by atoms with van der Waals surface area (Å²) in [6.07, 6.45) is 1.99. The van der Waals surface area contributed by atoms with Gasteiger partial charge in [-0.15, -0.1) is 5.10 Å². The lowest BCUT2D eigenvalue weighted by atomic mass is 10.0. The van der Waals surface area contributed by atoms with E-state index in [4.69, 9.17) is 0 Å². The lowest BCUT2D eigenvalue weighted by molar-refractivity contribution is 0.385. The van der Waals surface area contributed by atoms with Gasteiger partial charge in [0.25, 0.3) is 10.0 Å². The van der Waals surface area contributed by atoms with Gasteiger partial charge in [0.15, 0.2) is 5.03 Å². The number of halogens is 1. The standard InChI is InChI=1S/C12H13BrN4O2S/c1-16-12(7-14-15-16)20(18,19)17-6-5-9-3-2-4-11(13)10(9)8-17/h2-4,7H,5-6,8H2,1H3. The molecular weight excluding hydrogens is 344 g/mol. The fourth-order valence-electron chi connectivity index (χ4n) is 2.37. The van der Waals surface area contributed by atoms with E-state index in [1.165, 1.54) is 20.7 Å². The van der Waals surface area contributed by atoms with E-state index in [0.717, 1.165) is 10.0 Å².